The summed E-state index contributed by atoms with van der Waals surface area (Å²) in [7, 11) is 4.50. The Labute approximate surface area is 321 Å². The second-order valence-corrected chi connectivity index (χ2v) is 19.7. The molecule has 2 heterocycles. The maximum absolute atomic E-state index is 12.8. The summed E-state index contributed by atoms with van der Waals surface area (Å²) in [5, 5.41) is 7.00. The van der Waals surface area contributed by atoms with Crippen molar-refractivity contribution in [2.75, 3.05) is 40.9 Å². The Balaban J connectivity index is 0.00000131. The van der Waals surface area contributed by atoms with Crippen LogP contribution in [-0.2, 0) is 23.7 Å². The molecule has 0 aromatic rings. The van der Waals surface area contributed by atoms with Crippen molar-refractivity contribution in [3.63, 3.8) is 0 Å². The number of aliphatic hydroxyl groups is 1. The Bertz CT molecular complexity index is 1280. The molecule has 2 saturated heterocycles. The number of amides is 2. The van der Waals surface area contributed by atoms with Crippen molar-refractivity contribution in [2.45, 2.75) is 170 Å². The number of nitrogens with zero attached hydrogens (tertiary/aromatic N) is 2. The van der Waals surface area contributed by atoms with Gasteiger partial charge in [-0.05, 0) is 136 Å². The van der Waals surface area contributed by atoms with Crippen LogP contribution in [0.5, 0.6) is 0 Å². The molecule has 53 heavy (non-hydrogen) atoms. The van der Waals surface area contributed by atoms with E-state index >= 15 is 0 Å². The molecule has 2 aliphatic heterocycles. The van der Waals surface area contributed by atoms with E-state index in [9.17, 15) is 9.59 Å². The van der Waals surface area contributed by atoms with Crippen LogP contribution in [0.3, 0.4) is 0 Å². The molecular formula is C43H76N2O8. The van der Waals surface area contributed by atoms with Gasteiger partial charge in [-0.3, -0.25) is 0 Å². The highest BCUT2D eigenvalue weighted by atomic mass is 16.7. The van der Waals surface area contributed by atoms with Gasteiger partial charge in [0.1, 0.15) is 11.7 Å². The number of carbonyl (C=O) groups is 2. The number of hydrogen-bond donors (Lipinski definition) is 1. The summed E-state index contributed by atoms with van der Waals surface area (Å²) in [4.78, 5) is 28.7. The molecule has 0 aromatic heterocycles. The average Bonchev–Trinajstić information content (AvgIpc) is 3.69. The largest absolute Gasteiger partial charge is 0.444 e. The number of morpholine rings is 1. The molecule has 5 aliphatic carbocycles. The normalized spacial score (nSPS) is 41.3. The number of ether oxygens (including phenoxy) is 5. The fourth-order valence-electron chi connectivity index (χ4n) is 13.0. The van der Waals surface area contributed by atoms with Crippen LogP contribution in [0.2, 0.25) is 0 Å². The third-order valence-corrected chi connectivity index (χ3v) is 15.2. The fourth-order valence-corrected chi connectivity index (χ4v) is 13.0. The average molecular weight is 749 g/mol. The van der Waals surface area contributed by atoms with Crippen LogP contribution in [0.15, 0.2) is 0 Å². The first kappa shape index (κ1) is 42.5. The number of rotatable bonds is 5. The second-order valence-electron chi connectivity index (χ2n) is 19.7. The predicted octanol–water partition coefficient (Wildman–Crippen LogP) is 8.53. The maximum Gasteiger partial charge on any atom is 0.410 e. The smallest absolute Gasteiger partial charge is 0.410 e. The number of aliphatic hydroxyl groups excluding tert-OH is 1. The van der Waals surface area contributed by atoms with Crippen molar-refractivity contribution in [3.8, 4) is 0 Å². The van der Waals surface area contributed by atoms with Gasteiger partial charge < -0.3 is 38.6 Å². The molecule has 7 aliphatic rings. The molecule has 0 bridgehead atoms. The van der Waals surface area contributed by atoms with Crippen LogP contribution in [0.4, 0.5) is 9.59 Å². The zero-order valence-corrected chi connectivity index (χ0v) is 35.7. The minimum absolute atomic E-state index is 0.0219. The Morgan fingerprint density at radius 1 is 0.906 bits per heavy atom. The zero-order valence-electron chi connectivity index (χ0n) is 35.7. The molecule has 0 aromatic carbocycles. The zero-order chi connectivity index (χ0) is 39.3. The lowest BCUT2D eigenvalue weighted by Gasteiger charge is -2.60. The Hall–Kier alpha value is -1.62. The van der Waals surface area contributed by atoms with Crippen molar-refractivity contribution in [1.82, 2.24) is 9.80 Å². The third-order valence-electron chi connectivity index (χ3n) is 15.2. The van der Waals surface area contributed by atoms with Crippen molar-refractivity contribution in [3.05, 3.63) is 0 Å². The van der Waals surface area contributed by atoms with Crippen LogP contribution >= 0.6 is 0 Å². The van der Waals surface area contributed by atoms with Crippen LogP contribution < -0.4 is 0 Å². The Morgan fingerprint density at radius 2 is 1.58 bits per heavy atom. The number of carbonyl (C=O) groups excluding carboxylic acids is 2. The van der Waals surface area contributed by atoms with E-state index in [1.165, 1.54) is 56.3 Å². The first-order chi connectivity index (χ1) is 24.9. The van der Waals surface area contributed by atoms with E-state index in [-0.39, 0.29) is 47.9 Å². The molecule has 306 valence electrons. The van der Waals surface area contributed by atoms with Crippen molar-refractivity contribution >= 4 is 12.2 Å². The molecule has 2 spiro atoms. The monoisotopic (exact) mass is 749 g/mol. The Morgan fingerprint density at radius 3 is 2.23 bits per heavy atom. The summed E-state index contributed by atoms with van der Waals surface area (Å²) in [5.41, 5.74) is 0.750. The molecule has 7 rings (SSSR count). The molecule has 5 saturated carbocycles. The molecule has 1 N–H and O–H groups in total. The summed E-state index contributed by atoms with van der Waals surface area (Å²) in [6.45, 7) is 23.0. The van der Waals surface area contributed by atoms with Gasteiger partial charge >= 0.3 is 12.2 Å². The molecule has 0 radical (unpaired) electrons. The lowest BCUT2D eigenvalue weighted by molar-refractivity contribution is -0.243. The summed E-state index contributed by atoms with van der Waals surface area (Å²) in [6, 6.07) is 0. The number of fused-ring (bicyclic) bond motifs is 4. The first-order valence-corrected chi connectivity index (χ1v) is 21.1. The van der Waals surface area contributed by atoms with Crippen LogP contribution in [0.25, 0.3) is 0 Å². The van der Waals surface area contributed by atoms with Gasteiger partial charge in [-0.25, -0.2) is 9.59 Å². The van der Waals surface area contributed by atoms with E-state index in [4.69, 9.17) is 28.8 Å². The molecular weight excluding hydrogens is 672 g/mol. The van der Waals surface area contributed by atoms with Crippen molar-refractivity contribution < 1.29 is 38.4 Å². The minimum atomic E-state index is -0.522. The molecule has 7 unspecified atom stereocenters. The second kappa shape index (κ2) is 15.7. The minimum Gasteiger partial charge on any atom is -0.444 e. The SMILES string of the molecule is CC.CC(C)[C@@H](OC(=O)N(C)C)C1CCC2C(CC3C4CCC5C(C)(C)[C@@H](OC6CN(C(=O)OC(C)(C)C)CCO6)CC[C@@]56C[C@@]46CC[C@]23C)O1.CO. The lowest BCUT2D eigenvalue weighted by Crippen LogP contribution is -2.56. The van der Waals surface area contributed by atoms with E-state index in [2.05, 4.69) is 34.6 Å². The lowest BCUT2D eigenvalue weighted by atomic mass is 9.46. The van der Waals surface area contributed by atoms with Gasteiger partial charge in [0, 0.05) is 27.7 Å². The van der Waals surface area contributed by atoms with E-state index in [0.717, 1.165) is 25.9 Å². The van der Waals surface area contributed by atoms with E-state index in [1.807, 2.05) is 34.6 Å². The maximum atomic E-state index is 12.8. The van der Waals surface area contributed by atoms with E-state index in [1.54, 1.807) is 19.0 Å². The summed E-state index contributed by atoms with van der Waals surface area (Å²) in [5.74, 6) is 2.95. The topological polar surface area (TPSA) is 107 Å². The van der Waals surface area contributed by atoms with Crippen LogP contribution in [-0.4, -0.2) is 104 Å². The summed E-state index contributed by atoms with van der Waals surface area (Å²) in [6.07, 6.45) is 11.5. The van der Waals surface area contributed by atoms with Gasteiger partial charge in [-0.15, -0.1) is 0 Å². The van der Waals surface area contributed by atoms with Crippen molar-refractivity contribution in [1.29, 1.82) is 0 Å². The molecule has 7 fully saturated rings. The highest BCUT2D eigenvalue weighted by Gasteiger charge is 2.80. The first-order valence-electron chi connectivity index (χ1n) is 21.1. The highest BCUT2D eigenvalue weighted by Crippen LogP contribution is 2.87. The van der Waals surface area contributed by atoms with E-state index in [0.29, 0.717) is 53.7 Å². The van der Waals surface area contributed by atoms with Crippen LogP contribution in [0.1, 0.15) is 133 Å². The summed E-state index contributed by atoms with van der Waals surface area (Å²) < 4.78 is 31.6. The summed E-state index contributed by atoms with van der Waals surface area (Å²) >= 11 is 0. The molecule has 12 atom stereocenters. The van der Waals surface area contributed by atoms with Gasteiger partial charge in [0.05, 0.1) is 31.5 Å². The van der Waals surface area contributed by atoms with Gasteiger partial charge in [0.2, 0.25) is 0 Å². The Kier molecular flexibility index (Phi) is 12.6. The van der Waals surface area contributed by atoms with Crippen molar-refractivity contribution in [2.24, 2.45) is 51.2 Å². The number of hydrogen-bond acceptors (Lipinski definition) is 8. The molecule has 10 nitrogen and oxygen atoms in total. The van der Waals surface area contributed by atoms with Crippen LogP contribution in [0, 0.1) is 51.2 Å². The van der Waals surface area contributed by atoms with Gasteiger partial charge in [0.15, 0.2) is 6.29 Å². The highest BCUT2D eigenvalue weighted by molar-refractivity contribution is 5.68. The standard InChI is InChI=1S/C40H66N2O7.C2H6.CH4O/c1-24(2)33(48-34(43)41(9)10)28-13-11-26-29(46-28)21-27-25-12-14-30-37(6,7)31(15-16-40(30)23-39(25,40)18-17-38(26,27)8)47-32-22-42(19-20-45-32)35(44)49-36(3,4)5;2*1-2/h24-33H,11-23H2,1-10H3;1-2H3;2H,1H3/t25?,26?,27?,28?,29?,30?,31-,32?,33+,38+,39-,40+;;/m0../s1. The fraction of sp³-hybridized carbons (Fsp3) is 0.953. The van der Waals surface area contributed by atoms with Gasteiger partial charge in [-0.1, -0.05) is 48.5 Å². The van der Waals surface area contributed by atoms with Gasteiger partial charge in [-0.2, -0.15) is 0 Å². The third kappa shape index (κ3) is 7.50. The predicted molar refractivity (Wildman–Crippen MR) is 206 cm³/mol. The quantitative estimate of drug-likeness (QED) is 0.298. The van der Waals surface area contributed by atoms with E-state index < -0.39 is 11.9 Å². The molecule has 10 heteroatoms. The molecule has 2 amide bonds. The van der Waals surface area contributed by atoms with Gasteiger partial charge in [0.25, 0.3) is 0 Å².